The summed E-state index contributed by atoms with van der Waals surface area (Å²) in [5, 5.41) is 3.61. The lowest BCUT2D eigenvalue weighted by Crippen LogP contribution is -2.16. The molecule has 5 heteroatoms. The summed E-state index contributed by atoms with van der Waals surface area (Å²) in [6.45, 7) is 13.2. The number of hydrogen-bond donors (Lipinski definition) is 2. The van der Waals surface area contributed by atoms with E-state index in [-0.39, 0.29) is 6.04 Å². The average Bonchev–Trinajstić information content (AvgIpc) is 3.34. The van der Waals surface area contributed by atoms with Crippen LogP contribution in [0.2, 0.25) is 0 Å². The molecule has 2 aromatic heterocycles. The Balaban J connectivity index is 1.45. The number of pyridine rings is 1. The third kappa shape index (κ3) is 11.6. The molecule has 0 saturated carbocycles. The van der Waals surface area contributed by atoms with Crippen molar-refractivity contribution < 1.29 is 0 Å². The number of aromatic amines is 1. The summed E-state index contributed by atoms with van der Waals surface area (Å²) >= 11 is 1.93. The van der Waals surface area contributed by atoms with Gasteiger partial charge in [0.15, 0.2) is 0 Å². The van der Waals surface area contributed by atoms with Gasteiger partial charge in [0.2, 0.25) is 0 Å². The minimum absolute atomic E-state index is 0.0518. The number of aryl methyl sites for hydroxylation is 1. The number of H-pyrrole nitrogens is 1. The minimum atomic E-state index is 0.0518. The second kappa shape index (κ2) is 16.9. The zero-order valence-corrected chi connectivity index (χ0v) is 26.2. The van der Waals surface area contributed by atoms with Crippen LogP contribution < -0.4 is 5.32 Å². The van der Waals surface area contributed by atoms with E-state index in [2.05, 4.69) is 86.3 Å². The molecule has 0 radical (unpaired) electrons. The van der Waals surface area contributed by atoms with Gasteiger partial charge in [0.25, 0.3) is 0 Å². The molecule has 3 aromatic rings. The SMILES string of the molecule is CC(C)=CCCC(C)=CCCC(C)=CCCC(C)=CCSCC(Nc1cccc(C)n1)c1nc2ccccc2[nH]1. The van der Waals surface area contributed by atoms with Crippen LogP contribution in [-0.4, -0.2) is 26.5 Å². The van der Waals surface area contributed by atoms with E-state index in [0.717, 1.165) is 72.0 Å². The van der Waals surface area contributed by atoms with Crippen LogP contribution >= 0.6 is 11.8 Å². The maximum absolute atomic E-state index is 4.87. The Labute approximate surface area is 246 Å². The first kappa shape index (κ1) is 31.5. The monoisotopic (exact) mass is 556 g/mol. The normalized spacial score (nSPS) is 13.5. The number of benzene rings is 1. The molecule has 0 bridgehead atoms. The first-order valence-electron chi connectivity index (χ1n) is 14.6. The second-order valence-corrected chi connectivity index (χ2v) is 12.2. The summed E-state index contributed by atoms with van der Waals surface area (Å²) in [7, 11) is 0. The van der Waals surface area contributed by atoms with E-state index in [1.807, 2.05) is 49.0 Å². The Kier molecular flexibility index (Phi) is 13.3. The quantitative estimate of drug-likeness (QED) is 0.136. The third-order valence-electron chi connectivity index (χ3n) is 6.94. The Hall–Kier alpha value is -3.05. The van der Waals surface area contributed by atoms with Gasteiger partial charge >= 0.3 is 0 Å². The first-order chi connectivity index (χ1) is 19.3. The first-order valence-corrected chi connectivity index (χ1v) is 15.8. The van der Waals surface area contributed by atoms with Crippen molar-refractivity contribution in [2.75, 3.05) is 16.8 Å². The number of nitrogens with zero attached hydrogens (tertiary/aromatic N) is 2. The van der Waals surface area contributed by atoms with Gasteiger partial charge in [-0.2, -0.15) is 11.8 Å². The fraction of sp³-hybridized carbons (Fsp3) is 0.429. The molecule has 0 aliphatic rings. The number of thioether (sulfide) groups is 1. The van der Waals surface area contributed by atoms with Crippen LogP contribution in [0.3, 0.4) is 0 Å². The van der Waals surface area contributed by atoms with Crippen molar-refractivity contribution in [2.24, 2.45) is 0 Å². The van der Waals surface area contributed by atoms with Gasteiger partial charge in [-0.3, -0.25) is 0 Å². The predicted molar refractivity (Wildman–Crippen MR) is 177 cm³/mol. The van der Waals surface area contributed by atoms with Crippen LogP contribution in [0.15, 0.2) is 89.1 Å². The number of nitrogens with one attached hydrogen (secondary N) is 2. The molecular weight excluding hydrogens is 508 g/mol. The summed E-state index contributed by atoms with van der Waals surface area (Å²) in [6, 6.07) is 14.3. The molecule has 2 heterocycles. The molecule has 1 atom stereocenters. The van der Waals surface area contributed by atoms with E-state index >= 15 is 0 Å². The van der Waals surface area contributed by atoms with Crippen molar-refractivity contribution in [1.82, 2.24) is 15.0 Å². The lowest BCUT2D eigenvalue weighted by Gasteiger charge is -2.17. The van der Waals surface area contributed by atoms with Crippen molar-refractivity contribution in [3.05, 3.63) is 101 Å². The topological polar surface area (TPSA) is 53.6 Å². The minimum Gasteiger partial charge on any atom is -0.359 e. The smallest absolute Gasteiger partial charge is 0.130 e. The number of hydrogen-bond acceptors (Lipinski definition) is 4. The molecule has 1 aromatic carbocycles. The molecule has 0 amide bonds. The van der Waals surface area contributed by atoms with Gasteiger partial charge in [-0.15, -0.1) is 0 Å². The fourth-order valence-electron chi connectivity index (χ4n) is 4.50. The van der Waals surface area contributed by atoms with Crippen molar-refractivity contribution in [3.8, 4) is 0 Å². The zero-order chi connectivity index (χ0) is 28.7. The van der Waals surface area contributed by atoms with Crippen LogP contribution in [0.25, 0.3) is 11.0 Å². The van der Waals surface area contributed by atoms with Gasteiger partial charge in [-0.25, -0.2) is 9.97 Å². The Morgan fingerprint density at radius 2 is 1.45 bits per heavy atom. The third-order valence-corrected chi connectivity index (χ3v) is 7.91. The highest BCUT2D eigenvalue weighted by molar-refractivity contribution is 7.99. The highest BCUT2D eigenvalue weighted by atomic mass is 32.2. The van der Waals surface area contributed by atoms with E-state index in [4.69, 9.17) is 4.98 Å². The molecule has 1 unspecified atom stereocenters. The number of rotatable bonds is 16. The zero-order valence-electron chi connectivity index (χ0n) is 25.4. The van der Waals surface area contributed by atoms with E-state index in [1.54, 1.807) is 0 Å². The Morgan fingerprint density at radius 1 is 0.800 bits per heavy atom. The number of anilines is 1. The van der Waals surface area contributed by atoms with Gasteiger partial charge in [-0.05, 0) is 104 Å². The molecule has 4 nitrogen and oxygen atoms in total. The summed E-state index contributed by atoms with van der Waals surface area (Å²) in [5.74, 6) is 3.73. The van der Waals surface area contributed by atoms with Gasteiger partial charge in [0.05, 0.1) is 17.1 Å². The number of para-hydroxylation sites is 2. The highest BCUT2D eigenvalue weighted by Gasteiger charge is 2.16. The predicted octanol–water partition coefficient (Wildman–Crippen LogP) is 10.3. The molecule has 0 aliphatic carbocycles. The Morgan fingerprint density at radius 3 is 2.10 bits per heavy atom. The van der Waals surface area contributed by atoms with E-state index in [9.17, 15) is 0 Å². The largest absolute Gasteiger partial charge is 0.359 e. The molecule has 2 N–H and O–H groups in total. The fourth-order valence-corrected chi connectivity index (χ4v) is 5.52. The molecule has 40 heavy (non-hydrogen) atoms. The Bertz CT molecular complexity index is 1290. The summed E-state index contributed by atoms with van der Waals surface area (Å²) in [4.78, 5) is 13.0. The van der Waals surface area contributed by atoms with E-state index in [1.165, 1.54) is 28.7 Å². The van der Waals surface area contributed by atoms with Crippen molar-refractivity contribution >= 4 is 28.6 Å². The lowest BCUT2D eigenvalue weighted by molar-refractivity contribution is 0.819. The van der Waals surface area contributed by atoms with Gasteiger partial charge in [-0.1, -0.05) is 64.8 Å². The number of fused-ring (bicyclic) bond motifs is 1. The van der Waals surface area contributed by atoms with Gasteiger partial charge < -0.3 is 10.3 Å². The van der Waals surface area contributed by atoms with E-state index in [0.29, 0.717) is 0 Å². The lowest BCUT2D eigenvalue weighted by atomic mass is 10.0. The van der Waals surface area contributed by atoms with Crippen molar-refractivity contribution in [1.29, 1.82) is 0 Å². The van der Waals surface area contributed by atoms with Crippen LogP contribution in [0.4, 0.5) is 5.82 Å². The molecule has 3 rings (SSSR count). The highest BCUT2D eigenvalue weighted by Crippen LogP contribution is 2.24. The number of imidazole rings is 1. The molecule has 214 valence electrons. The molecule has 0 aliphatic heterocycles. The van der Waals surface area contributed by atoms with Crippen molar-refractivity contribution in [3.63, 3.8) is 0 Å². The molecule has 0 fully saturated rings. The van der Waals surface area contributed by atoms with Crippen LogP contribution in [-0.2, 0) is 0 Å². The average molecular weight is 557 g/mol. The summed E-state index contributed by atoms with van der Waals surface area (Å²) < 4.78 is 0. The standard InChI is InChI=1S/C35H48N4S/c1-26(2)13-9-14-27(3)15-10-16-28(4)17-11-18-29(5)23-24-40-25-33(37-34-22-12-19-30(6)36-34)35-38-31-20-7-8-21-32(31)39-35/h7-8,12-13,15,17,19-23,33H,9-11,14,16,18,24-25H2,1-6H3,(H,36,37)(H,38,39). The molecule has 0 spiro atoms. The van der Waals surface area contributed by atoms with Gasteiger partial charge in [0.1, 0.15) is 11.6 Å². The maximum Gasteiger partial charge on any atom is 0.130 e. The summed E-state index contributed by atoms with van der Waals surface area (Å²) in [5.41, 5.74) is 8.95. The van der Waals surface area contributed by atoms with Crippen molar-refractivity contribution in [2.45, 2.75) is 86.1 Å². The number of aromatic nitrogens is 3. The maximum atomic E-state index is 4.87. The van der Waals surface area contributed by atoms with Crippen LogP contribution in [0, 0.1) is 6.92 Å². The van der Waals surface area contributed by atoms with E-state index < -0.39 is 0 Å². The second-order valence-electron chi connectivity index (χ2n) is 11.1. The molecule has 0 saturated heterocycles. The van der Waals surface area contributed by atoms with Crippen LogP contribution in [0.1, 0.15) is 90.7 Å². The van der Waals surface area contributed by atoms with Gasteiger partial charge in [0, 0.05) is 17.2 Å². The molecular formula is C35H48N4S. The number of allylic oxidation sites excluding steroid dienone is 7. The van der Waals surface area contributed by atoms with Crippen LogP contribution in [0.5, 0.6) is 0 Å². The summed E-state index contributed by atoms with van der Waals surface area (Å²) in [6.07, 6.45) is 16.4.